The van der Waals surface area contributed by atoms with Crippen LogP contribution in [0.2, 0.25) is 18.1 Å². The average Bonchev–Trinajstić information content (AvgIpc) is 2.83. The summed E-state index contributed by atoms with van der Waals surface area (Å²) in [6, 6.07) is 0. The second kappa shape index (κ2) is 7.31. The van der Waals surface area contributed by atoms with Crippen molar-refractivity contribution in [3.8, 4) is 0 Å². The summed E-state index contributed by atoms with van der Waals surface area (Å²) in [6.07, 6.45) is -1.99. The fraction of sp³-hybridized carbons (Fsp3) is 0.941. The van der Waals surface area contributed by atoms with Gasteiger partial charge in [0.2, 0.25) is 0 Å². The maximum Gasteiger partial charge on any atom is 0.410 e. The lowest BCUT2D eigenvalue weighted by atomic mass is 10.0. The molecule has 0 aromatic heterocycles. The van der Waals surface area contributed by atoms with Crippen molar-refractivity contribution in [2.45, 2.75) is 84.1 Å². The molecule has 3 atom stereocenters. The Kier molecular flexibility index (Phi) is 6.52. The van der Waals surface area contributed by atoms with Crippen LogP contribution in [0.5, 0.6) is 0 Å². The maximum absolute atomic E-state index is 12.1. The molecular formula is C17H35NO5Si. The van der Waals surface area contributed by atoms with Crippen molar-refractivity contribution in [1.82, 2.24) is 4.90 Å². The number of hydrogen-bond donors (Lipinski definition) is 2. The van der Waals surface area contributed by atoms with Crippen LogP contribution in [0.3, 0.4) is 0 Å². The molecule has 1 saturated heterocycles. The van der Waals surface area contributed by atoms with E-state index in [4.69, 9.17) is 9.16 Å². The zero-order chi connectivity index (χ0) is 18.9. The summed E-state index contributed by atoms with van der Waals surface area (Å²) >= 11 is 0. The topological polar surface area (TPSA) is 79.2 Å². The third-order valence-electron chi connectivity index (χ3n) is 4.87. The second-order valence-electron chi connectivity index (χ2n) is 9.23. The summed E-state index contributed by atoms with van der Waals surface area (Å²) in [5.74, 6) is -0.211. The Morgan fingerprint density at radius 2 is 1.71 bits per heavy atom. The molecule has 1 amide bonds. The molecule has 2 N–H and O–H groups in total. The van der Waals surface area contributed by atoms with E-state index in [1.165, 1.54) is 0 Å². The first kappa shape index (κ1) is 21.4. The van der Waals surface area contributed by atoms with E-state index in [0.29, 0.717) is 19.5 Å². The van der Waals surface area contributed by atoms with Gasteiger partial charge in [-0.2, -0.15) is 0 Å². The Bertz CT molecular complexity index is 441. The number of aliphatic hydroxyl groups excluding tert-OH is 2. The molecule has 24 heavy (non-hydrogen) atoms. The van der Waals surface area contributed by atoms with Gasteiger partial charge < -0.3 is 24.3 Å². The van der Waals surface area contributed by atoms with Gasteiger partial charge in [-0.3, -0.25) is 0 Å². The average molecular weight is 362 g/mol. The predicted molar refractivity (Wildman–Crippen MR) is 96.2 cm³/mol. The summed E-state index contributed by atoms with van der Waals surface area (Å²) in [4.78, 5) is 13.7. The smallest absolute Gasteiger partial charge is 0.410 e. The highest BCUT2D eigenvalue weighted by molar-refractivity contribution is 6.74. The lowest BCUT2D eigenvalue weighted by Crippen LogP contribution is -2.49. The monoisotopic (exact) mass is 361 g/mol. The summed E-state index contributed by atoms with van der Waals surface area (Å²) in [5, 5.41) is 20.7. The van der Waals surface area contributed by atoms with Crippen molar-refractivity contribution in [1.29, 1.82) is 0 Å². The molecule has 0 aliphatic carbocycles. The number of carbonyl (C=O) groups excluding carboxylic acids is 1. The van der Waals surface area contributed by atoms with E-state index < -0.39 is 26.3 Å². The third kappa shape index (κ3) is 5.72. The van der Waals surface area contributed by atoms with Crippen molar-refractivity contribution in [2.24, 2.45) is 5.92 Å². The van der Waals surface area contributed by atoms with Crippen molar-refractivity contribution in [3.05, 3.63) is 0 Å². The van der Waals surface area contributed by atoms with Crippen molar-refractivity contribution in [3.63, 3.8) is 0 Å². The van der Waals surface area contributed by atoms with Crippen molar-refractivity contribution >= 4 is 14.4 Å². The van der Waals surface area contributed by atoms with Crippen LogP contribution in [-0.2, 0) is 9.16 Å². The van der Waals surface area contributed by atoms with E-state index in [1.54, 1.807) is 4.90 Å². The zero-order valence-corrected chi connectivity index (χ0v) is 17.4. The van der Waals surface area contributed by atoms with Gasteiger partial charge in [0, 0.05) is 19.0 Å². The van der Waals surface area contributed by atoms with Crippen LogP contribution in [0.15, 0.2) is 0 Å². The maximum atomic E-state index is 12.1. The highest BCUT2D eigenvalue weighted by Crippen LogP contribution is 2.38. The minimum Gasteiger partial charge on any atom is -0.444 e. The van der Waals surface area contributed by atoms with E-state index in [2.05, 4.69) is 20.8 Å². The molecule has 0 spiro atoms. The molecule has 2 unspecified atom stereocenters. The van der Waals surface area contributed by atoms with Crippen LogP contribution in [0.25, 0.3) is 0 Å². The van der Waals surface area contributed by atoms with Crippen molar-refractivity contribution in [2.75, 3.05) is 13.1 Å². The summed E-state index contributed by atoms with van der Waals surface area (Å²) < 4.78 is 11.2. The molecule has 7 heteroatoms. The molecule has 142 valence electrons. The van der Waals surface area contributed by atoms with Gasteiger partial charge in [0.25, 0.3) is 0 Å². The Hall–Kier alpha value is -0.633. The Morgan fingerprint density at radius 1 is 1.17 bits per heavy atom. The molecule has 0 radical (unpaired) electrons. The summed E-state index contributed by atoms with van der Waals surface area (Å²) in [5.41, 5.74) is -0.543. The molecule has 1 aliphatic rings. The van der Waals surface area contributed by atoms with E-state index in [-0.39, 0.29) is 17.0 Å². The fourth-order valence-electron chi connectivity index (χ4n) is 2.34. The molecule has 0 aromatic carbocycles. The van der Waals surface area contributed by atoms with Crippen LogP contribution in [0.1, 0.15) is 48.0 Å². The zero-order valence-electron chi connectivity index (χ0n) is 16.4. The lowest BCUT2D eigenvalue weighted by molar-refractivity contribution is -0.129. The first-order chi connectivity index (χ1) is 10.6. The number of ether oxygens (including phenoxy) is 1. The SMILES string of the molecule is CC(C)(C)OC(=O)N1CCC(C(O)[C@H](O)O[Si](C)(C)C(C)(C)C)C1. The van der Waals surface area contributed by atoms with Crippen LogP contribution in [-0.4, -0.2) is 60.6 Å². The van der Waals surface area contributed by atoms with Gasteiger partial charge in [0.05, 0.1) is 0 Å². The molecular weight excluding hydrogens is 326 g/mol. The number of carbonyl (C=O) groups is 1. The Labute approximate surface area is 147 Å². The minimum absolute atomic E-state index is 0.0497. The van der Waals surface area contributed by atoms with Gasteiger partial charge in [-0.25, -0.2) is 4.79 Å². The summed E-state index contributed by atoms with van der Waals surface area (Å²) in [6.45, 7) is 16.7. The number of likely N-dealkylation sites (tertiary alicyclic amines) is 1. The number of nitrogens with zero attached hydrogens (tertiary/aromatic N) is 1. The van der Waals surface area contributed by atoms with Crippen LogP contribution in [0, 0.1) is 5.92 Å². The minimum atomic E-state index is -2.17. The van der Waals surface area contributed by atoms with E-state index >= 15 is 0 Å². The molecule has 0 bridgehead atoms. The lowest BCUT2D eigenvalue weighted by Gasteiger charge is -2.39. The molecule has 0 aromatic rings. The standard InChI is InChI=1S/C17H35NO5Si/c1-16(2,3)22-15(21)18-10-9-12(11-18)13(19)14(20)23-24(7,8)17(4,5)6/h12-14,19-20H,9-11H2,1-8H3/t12?,13?,14-/m1/s1. The highest BCUT2D eigenvalue weighted by Gasteiger charge is 2.43. The molecule has 1 aliphatic heterocycles. The van der Waals surface area contributed by atoms with Gasteiger partial charge in [-0.1, -0.05) is 20.8 Å². The molecule has 0 saturated carbocycles. The van der Waals surface area contributed by atoms with Crippen molar-refractivity contribution < 1.29 is 24.2 Å². The number of rotatable bonds is 4. The molecule has 1 heterocycles. The van der Waals surface area contributed by atoms with Crippen LogP contribution >= 0.6 is 0 Å². The van der Waals surface area contributed by atoms with Gasteiger partial charge in [-0.15, -0.1) is 0 Å². The van der Waals surface area contributed by atoms with Gasteiger partial charge >= 0.3 is 6.09 Å². The van der Waals surface area contributed by atoms with E-state index in [1.807, 2.05) is 33.9 Å². The van der Waals surface area contributed by atoms with E-state index in [9.17, 15) is 15.0 Å². The fourth-order valence-corrected chi connectivity index (χ4v) is 3.44. The van der Waals surface area contributed by atoms with Crippen LogP contribution < -0.4 is 0 Å². The normalized spacial score (nSPS) is 22.4. The Morgan fingerprint density at radius 3 is 2.17 bits per heavy atom. The third-order valence-corrected chi connectivity index (χ3v) is 9.32. The predicted octanol–water partition coefficient (Wildman–Crippen LogP) is 2.94. The Balaban J connectivity index is 2.61. The van der Waals surface area contributed by atoms with Gasteiger partial charge in [0.1, 0.15) is 11.7 Å². The number of amides is 1. The molecule has 1 fully saturated rings. The number of aliphatic hydroxyl groups is 2. The first-order valence-corrected chi connectivity index (χ1v) is 11.6. The quantitative estimate of drug-likeness (QED) is 0.594. The van der Waals surface area contributed by atoms with Gasteiger partial charge in [-0.05, 0) is 45.3 Å². The largest absolute Gasteiger partial charge is 0.444 e. The molecule has 1 rings (SSSR count). The molecule has 6 nitrogen and oxygen atoms in total. The number of hydrogen-bond acceptors (Lipinski definition) is 5. The highest BCUT2D eigenvalue weighted by atomic mass is 28.4. The second-order valence-corrected chi connectivity index (χ2v) is 14.0. The van der Waals surface area contributed by atoms with Gasteiger partial charge in [0.15, 0.2) is 14.6 Å². The van der Waals surface area contributed by atoms with Crippen LogP contribution in [0.4, 0.5) is 4.79 Å². The summed E-state index contributed by atoms with van der Waals surface area (Å²) in [7, 11) is -2.17. The van der Waals surface area contributed by atoms with E-state index in [0.717, 1.165) is 0 Å². The first-order valence-electron chi connectivity index (χ1n) is 8.66.